The third-order valence-electron chi connectivity index (χ3n) is 3.85. The number of carbonyl (C=O) groups excluding carboxylic acids is 1. The Bertz CT molecular complexity index is 832. The number of aromatic nitrogens is 2. The van der Waals surface area contributed by atoms with Crippen LogP contribution in [0, 0.1) is 6.92 Å². The molecule has 2 aromatic rings. The number of rotatable bonds is 5. The van der Waals surface area contributed by atoms with Gasteiger partial charge in [0.1, 0.15) is 16.5 Å². The number of alkyl carbamates (subject to hydrolysis) is 1. The third-order valence-corrected chi connectivity index (χ3v) is 8.45. The number of fused-ring (bicyclic) bond motifs is 1. The number of aryl methyl sites for hydroxylation is 1. The molecule has 5 nitrogen and oxygen atoms in total. The Morgan fingerprint density at radius 3 is 2.44 bits per heavy atom. The van der Waals surface area contributed by atoms with Gasteiger partial charge in [0.2, 0.25) is 0 Å². The van der Waals surface area contributed by atoms with E-state index in [1.807, 2.05) is 58.6 Å². The largest absolute Gasteiger partial charge is 0.444 e. The summed E-state index contributed by atoms with van der Waals surface area (Å²) in [7, 11) is -1.21. The van der Waals surface area contributed by atoms with Crippen LogP contribution >= 0.6 is 11.8 Å². The highest BCUT2D eigenvalue weighted by molar-refractivity contribution is 8.01. The van der Waals surface area contributed by atoms with E-state index in [9.17, 15) is 4.79 Å². The molecule has 0 spiro atoms. The molecule has 1 N–H and O–H groups in total. The first kappa shape index (κ1) is 21.8. The number of imidazole rings is 1. The lowest BCUT2D eigenvalue weighted by Crippen LogP contribution is -2.44. The van der Waals surface area contributed by atoms with Crippen molar-refractivity contribution >= 4 is 31.4 Å². The molecule has 0 saturated carbocycles. The standard InChI is InChI=1S/C20H33N3O2SSi/c1-14-11-10-12-23-15(14)16(26-13-27(7,8)9)21-17(23)20(5,6)22-18(24)25-19(2,3)4/h10-12H,13H2,1-9H3,(H,22,24). The molecule has 2 aromatic heterocycles. The van der Waals surface area contributed by atoms with Crippen LogP contribution in [-0.4, -0.2) is 34.5 Å². The molecular weight excluding hydrogens is 374 g/mol. The lowest BCUT2D eigenvalue weighted by atomic mass is 10.1. The second-order valence-corrected chi connectivity index (χ2v) is 16.7. The van der Waals surface area contributed by atoms with Gasteiger partial charge in [-0.3, -0.25) is 0 Å². The first-order valence-corrected chi connectivity index (χ1v) is 14.0. The Balaban J connectivity index is 2.42. The summed E-state index contributed by atoms with van der Waals surface area (Å²) in [6.45, 7) is 18.7. The highest BCUT2D eigenvalue weighted by Gasteiger charge is 2.32. The molecule has 0 saturated heterocycles. The molecule has 0 aliphatic heterocycles. The molecule has 27 heavy (non-hydrogen) atoms. The monoisotopic (exact) mass is 407 g/mol. The zero-order chi connectivity index (χ0) is 20.6. The highest BCUT2D eigenvalue weighted by atomic mass is 32.2. The van der Waals surface area contributed by atoms with Gasteiger partial charge in [-0.1, -0.05) is 25.7 Å². The molecule has 2 rings (SSSR count). The van der Waals surface area contributed by atoms with Gasteiger partial charge in [0.05, 0.1) is 19.1 Å². The SMILES string of the molecule is Cc1cccn2c(C(C)(C)NC(=O)OC(C)(C)C)nc(SC[Si](C)(C)C)c12. The van der Waals surface area contributed by atoms with Crippen LogP contribution in [0.4, 0.5) is 4.79 Å². The molecule has 0 bridgehead atoms. The maximum atomic E-state index is 12.3. The van der Waals surface area contributed by atoms with Gasteiger partial charge in [-0.05, 0) is 58.5 Å². The van der Waals surface area contributed by atoms with Gasteiger partial charge in [0, 0.05) is 6.20 Å². The minimum Gasteiger partial charge on any atom is -0.444 e. The highest BCUT2D eigenvalue weighted by Crippen LogP contribution is 2.32. The predicted molar refractivity (Wildman–Crippen MR) is 116 cm³/mol. The number of hydrogen-bond acceptors (Lipinski definition) is 4. The fraction of sp³-hybridized carbons (Fsp3) is 0.600. The second kappa shape index (κ2) is 7.51. The van der Waals surface area contributed by atoms with Crippen LogP contribution in [0.1, 0.15) is 46.0 Å². The van der Waals surface area contributed by atoms with E-state index in [1.54, 1.807) is 0 Å². The number of amides is 1. The van der Waals surface area contributed by atoms with Gasteiger partial charge in [0.15, 0.2) is 0 Å². The fourth-order valence-corrected chi connectivity index (χ4v) is 5.54. The lowest BCUT2D eigenvalue weighted by Gasteiger charge is -2.27. The fourth-order valence-electron chi connectivity index (χ4n) is 2.71. The Kier molecular flexibility index (Phi) is 6.07. The zero-order valence-electron chi connectivity index (χ0n) is 18.1. The quantitative estimate of drug-likeness (QED) is 0.534. The van der Waals surface area contributed by atoms with E-state index in [4.69, 9.17) is 9.72 Å². The van der Waals surface area contributed by atoms with Gasteiger partial charge in [-0.2, -0.15) is 0 Å². The van der Waals surface area contributed by atoms with E-state index in [0.717, 1.165) is 21.7 Å². The van der Waals surface area contributed by atoms with Gasteiger partial charge in [0.25, 0.3) is 0 Å². The molecule has 0 unspecified atom stereocenters. The van der Waals surface area contributed by atoms with Crippen molar-refractivity contribution in [1.29, 1.82) is 0 Å². The Labute approximate surface area is 168 Å². The molecule has 7 heteroatoms. The van der Waals surface area contributed by atoms with Crippen LogP contribution in [0.3, 0.4) is 0 Å². The molecular formula is C20H33N3O2SSi. The molecule has 0 radical (unpaired) electrons. The predicted octanol–water partition coefficient (Wildman–Crippen LogP) is 5.37. The van der Waals surface area contributed by atoms with Crippen LogP contribution < -0.4 is 5.32 Å². The van der Waals surface area contributed by atoms with Crippen LogP contribution in [0.15, 0.2) is 23.4 Å². The van der Waals surface area contributed by atoms with Crippen LogP contribution in [0.25, 0.3) is 5.52 Å². The summed E-state index contributed by atoms with van der Waals surface area (Å²) >= 11 is 1.82. The first-order chi connectivity index (χ1) is 12.2. The molecule has 0 atom stereocenters. The molecule has 0 aliphatic carbocycles. The van der Waals surface area contributed by atoms with Crippen molar-refractivity contribution in [2.45, 2.75) is 77.3 Å². The number of nitrogens with zero attached hydrogens (tertiary/aromatic N) is 2. The Morgan fingerprint density at radius 1 is 1.26 bits per heavy atom. The van der Waals surface area contributed by atoms with Crippen molar-refractivity contribution in [2.24, 2.45) is 0 Å². The number of pyridine rings is 1. The summed E-state index contributed by atoms with van der Waals surface area (Å²) in [6.07, 6.45) is 1.58. The summed E-state index contributed by atoms with van der Waals surface area (Å²) < 4.78 is 7.54. The van der Waals surface area contributed by atoms with Crippen molar-refractivity contribution in [3.05, 3.63) is 29.7 Å². The normalized spacial score (nSPS) is 13.1. The van der Waals surface area contributed by atoms with Crippen molar-refractivity contribution in [2.75, 3.05) is 5.38 Å². The van der Waals surface area contributed by atoms with E-state index < -0.39 is 25.3 Å². The van der Waals surface area contributed by atoms with Crippen molar-refractivity contribution in [3.8, 4) is 0 Å². The number of carbonyl (C=O) groups is 1. The number of ether oxygens (including phenoxy) is 1. The summed E-state index contributed by atoms with van der Waals surface area (Å²) in [4.78, 5) is 17.3. The van der Waals surface area contributed by atoms with Crippen LogP contribution in [0.5, 0.6) is 0 Å². The van der Waals surface area contributed by atoms with Gasteiger partial charge >= 0.3 is 6.09 Å². The smallest absolute Gasteiger partial charge is 0.408 e. The minimum absolute atomic E-state index is 0.437. The van der Waals surface area contributed by atoms with E-state index in [2.05, 4.69) is 42.3 Å². The number of thioether (sulfide) groups is 1. The maximum Gasteiger partial charge on any atom is 0.408 e. The van der Waals surface area contributed by atoms with E-state index in [-0.39, 0.29) is 0 Å². The second-order valence-electron chi connectivity index (χ2n) is 9.75. The lowest BCUT2D eigenvalue weighted by molar-refractivity contribution is 0.0465. The summed E-state index contributed by atoms with van der Waals surface area (Å²) in [5.41, 5.74) is 1.10. The molecule has 0 aliphatic rings. The third kappa shape index (κ3) is 5.75. The first-order valence-electron chi connectivity index (χ1n) is 9.32. The Morgan fingerprint density at radius 2 is 1.89 bits per heavy atom. The molecule has 2 heterocycles. The Hall–Kier alpha value is -1.47. The van der Waals surface area contributed by atoms with E-state index in [1.165, 1.54) is 5.56 Å². The van der Waals surface area contributed by atoms with Crippen LogP contribution in [-0.2, 0) is 10.3 Å². The minimum atomic E-state index is -1.21. The van der Waals surface area contributed by atoms with Gasteiger partial charge < -0.3 is 14.5 Å². The zero-order valence-corrected chi connectivity index (χ0v) is 19.9. The summed E-state index contributed by atoms with van der Waals surface area (Å²) in [5.74, 6) is 0.810. The van der Waals surface area contributed by atoms with Crippen molar-refractivity contribution in [1.82, 2.24) is 14.7 Å². The van der Waals surface area contributed by atoms with Gasteiger partial charge in [-0.15, -0.1) is 11.8 Å². The molecule has 150 valence electrons. The maximum absolute atomic E-state index is 12.3. The number of nitrogens with one attached hydrogen (secondary N) is 1. The van der Waals surface area contributed by atoms with Gasteiger partial charge in [-0.25, -0.2) is 9.78 Å². The molecule has 0 fully saturated rings. The van der Waals surface area contributed by atoms with E-state index in [0.29, 0.717) is 0 Å². The number of hydrogen-bond donors (Lipinski definition) is 1. The molecule has 1 amide bonds. The van der Waals surface area contributed by atoms with Crippen LogP contribution in [0.2, 0.25) is 19.6 Å². The topological polar surface area (TPSA) is 55.6 Å². The summed E-state index contributed by atoms with van der Waals surface area (Å²) in [5, 5.41) is 5.12. The van der Waals surface area contributed by atoms with Crippen molar-refractivity contribution < 1.29 is 9.53 Å². The van der Waals surface area contributed by atoms with E-state index >= 15 is 0 Å². The average Bonchev–Trinajstić information content (AvgIpc) is 2.82. The van der Waals surface area contributed by atoms with Crippen molar-refractivity contribution in [3.63, 3.8) is 0 Å². The molecule has 0 aromatic carbocycles. The average molecular weight is 408 g/mol. The summed E-state index contributed by atoms with van der Waals surface area (Å²) in [6, 6.07) is 4.12.